The first kappa shape index (κ1) is 23.8. The number of piperazine rings is 2. The topological polar surface area (TPSA) is 38.8 Å². The summed E-state index contributed by atoms with van der Waals surface area (Å²) in [6, 6.07) is 16.9. The highest BCUT2D eigenvalue weighted by Gasteiger charge is 2.39. The Morgan fingerprint density at radius 2 is 1.61 bits per heavy atom. The van der Waals surface area contributed by atoms with Gasteiger partial charge >= 0.3 is 0 Å². The lowest BCUT2D eigenvalue weighted by atomic mass is 9.87. The van der Waals surface area contributed by atoms with Crippen LogP contribution in [-0.2, 0) is 16.6 Å². The van der Waals surface area contributed by atoms with Crippen molar-refractivity contribution in [2.24, 2.45) is 0 Å². The molecular weight excluding hydrogens is 408 g/mol. The van der Waals surface area contributed by atoms with E-state index in [1.165, 1.54) is 16.8 Å². The van der Waals surface area contributed by atoms with Gasteiger partial charge in [0.1, 0.15) is 0 Å². The standard InChI is InChI=1S/C28H40N4O/c1-27(2,3)22-11-13-23(14-12-22)32-20-28(4,5)29-24(26(32)33)19-21-9-7-8-10-25(21)31-17-15-30(6)16-18-31/h7-14,24,29H,15-20H2,1-6H3. The number of carbonyl (C=O) groups is 1. The molecule has 178 valence electrons. The molecule has 1 N–H and O–H groups in total. The van der Waals surface area contributed by atoms with Crippen LogP contribution in [0.3, 0.4) is 0 Å². The van der Waals surface area contributed by atoms with Crippen molar-refractivity contribution in [1.29, 1.82) is 0 Å². The first-order valence-corrected chi connectivity index (χ1v) is 12.2. The molecule has 2 aromatic carbocycles. The van der Waals surface area contributed by atoms with E-state index in [0.717, 1.165) is 31.9 Å². The molecule has 2 aliphatic rings. The number of nitrogens with zero attached hydrogens (tertiary/aromatic N) is 3. The van der Waals surface area contributed by atoms with Crippen molar-refractivity contribution in [1.82, 2.24) is 10.2 Å². The van der Waals surface area contributed by atoms with Crippen molar-refractivity contribution < 1.29 is 4.79 Å². The predicted molar refractivity (Wildman–Crippen MR) is 138 cm³/mol. The zero-order chi connectivity index (χ0) is 23.8. The normalized spacial score (nSPS) is 22.0. The van der Waals surface area contributed by atoms with Gasteiger partial charge in [0.05, 0.1) is 6.04 Å². The summed E-state index contributed by atoms with van der Waals surface area (Å²) in [6.45, 7) is 15.9. The third-order valence-electron chi connectivity index (χ3n) is 6.99. The number of nitrogens with one attached hydrogen (secondary N) is 1. The van der Waals surface area contributed by atoms with Crippen molar-refractivity contribution >= 4 is 17.3 Å². The third-order valence-corrected chi connectivity index (χ3v) is 6.99. The summed E-state index contributed by atoms with van der Waals surface area (Å²) in [4.78, 5) is 20.5. The minimum atomic E-state index is -0.246. The minimum absolute atomic E-state index is 0.0980. The van der Waals surface area contributed by atoms with Crippen LogP contribution in [0, 0.1) is 0 Å². The van der Waals surface area contributed by atoms with E-state index in [4.69, 9.17) is 0 Å². The van der Waals surface area contributed by atoms with Gasteiger partial charge in [-0.15, -0.1) is 0 Å². The molecule has 5 nitrogen and oxygen atoms in total. The average Bonchev–Trinajstić information content (AvgIpc) is 2.76. The van der Waals surface area contributed by atoms with Crippen LogP contribution in [0.5, 0.6) is 0 Å². The Kier molecular flexibility index (Phi) is 6.56. The van der Waals surface area contributed by atoms with E-state index in [9.17, 15) is 4.79 Å². The fraction of sp³-hybridized carbons (Fsp3) is 0.536. The molecule has 5 heteroatoms. The third kappa shape index (κ3) is 5.42. The largest absolute Gasteiger partial charge is 0.369 e. The lowest BCUT2D eigenvalue weighted by Gasteiger charge is -2.44. The zero-order valence-corrected chi connectivity index (χ0v) is 21.2. The molecule has 2 aliphatic heterocycles. The molecule has 1 atom stereocenters. The van der Waals surface area contributed by atoms with Crippen molar-refractivity contribution in [3.8, 4) is 0 Å². The van der Waals surface area contributed by atoms with Gasteiger partial charge in [0.15, 0.2) is 0 Å². The highest BCUT2D eigenvalue weighted by molar-refractivity contribution is 5.98. The maximum absolute atomic E-state index is 13.7. The first-order valence-electron chi connectivity index (χ1n) is 12.2. The van der Waals surface area contributed by atoms with Crippen LogP contribution in [-0.4, -0.2) is 62.2 Å². The molecular formula is C28H40N4O. The van der Waals surface area contributed by atoms with Crippen molar-refractivity contribution in [2.45, 2.75) is 58.0 Å². The number of likely N-dealkylation sites (N-methyl/N-ethyl adjacent to an activating group) is 1. The van der Waals surface area contributed by atoms with Gasteiger partial charge in [-0.1, -0.05) is 51.1 Å². The lowest BCUT2D eigenvalue weighted by Crippen LogP contribution is -2.65. The second-order valence-electron chi connectivity index (χ2n) is 11.4. The van der Waals surface area contributed by atoms with E-state index in [-0.39, 0.29) is 22.9 Å². The highest BCUT2D eigenvalue weighted by atomic mass is 16.2. The zero-order valence-electron chi connectivity index (χ0n) is 21.2. The quantitative estimate of drug-likeness (QED) is 0.766. The van der Waals surface area contributed by atoms with E-state index in [1.807, 2.05) is 4.90 Å². The summed E-state index contributed by atoms with van der Waals surface area (Å²) in [5.41, 5.74) is 4.72. The van der Waals surface area contributed by atoms with Crippen LogP contribution in [0.1, 0.15) is 45.7 Å². The SMILES string of the molecule is CN1CCN(c2ccccc2CC2NC(C)(C)CN(c3ccc(C(C)(C)C)cc3)C2=O)CC1. The Labute approximate surface area is 199 Å². The summed E-state index contributed by atoms with van der Waals surface area (Å²) < 4.78 is 0. The van der Waals surface area contributed by atoms with Gasteiger partial charge in [-0.3, -0.25) is 10.1 Å². The van der Waals surface area contributed by atoms with E-state index < -0.39 is 0 Å². The van der Waals surface area contributed by atoms with Crippen LogP contribution < -0.4 is 15.1 Å². The molecule has 0 bridgehead atoms. The predicted octanol–water partition coefficient (Wildman–Crippen LogP) is 4.06. The number of rotatable bonds is 4. The fourth-order valence-electron chi connectivity index (χ4n) is 5.00. The van der Waals surface area contributed by atoms with Crippen LogP contribution in [0.15, 0.2) is 48.5 Å². The van der Waals surface area contributed by atoms with Crippen molar-refractivity contribution in [3.05, 3.63) is 59.7 Å². The second-order valence-corrected chi connectivity index (χ2v) is 11.4. The van der Waals surface area contributed by atoms with Gasteiger partial charge < -0.3 is 14.7 Å². The molecule has 2 fully saturated rings. The molecule has 0 aliphatic carbocycles. The Balaban J connectivity index is 1.57. The first-order chi connectivity index (χ1) is 15.5. The average molecular weight is 449 g/mol. The molecule has 33 heavy (non-hydrogen) atoms. The smallest absolute Gasteiger partial charge is 0.244 e. The fourth-order valence-corrected chi connectivity index (χ4v) is 5.00. The number of para-hydroxylation sites is 1. The van der Waals surface area contributed by atoms with Gasteiger partial charge in [-0.2, -0.15) is 0 Å². The number of hydrogen-bond acceptors (Lipinski definition) is 4. The Morgan fingerprint density at radius 1 is 0.970 bits per heavy atom. The Morgan fingerprint density at radius 3 is 2.24 bits per heavy atom. The molecule has 1 unspecified atom stereocenters. The minimum Gasteiger partial charge on any atom is -0.369 e. The summed E-state index contributed by atoms with van der Waals surface area (Å²) in [5.74, 6) is 0.158. The number of benzene rings is 2. The highest BCUT2D eigenvalue weighted by Crippen LogP contribution is 2.30. The second kappa shape index (κ2) is 9.11. The Bertz CT molecular complexity index is 968. The number of anilines is 2. The van der Waals surface area contributed by atoms with Gasteiger partial charge in [0.25, 0.3) is 0 Å². The molecule has 0 saturated carbocycles. The van der Waals surface area contributed by atoms with E-state index in [0.29, 0.717) is 13.0 Å². The summed E-state index contributed by atoms with van der Waals surface area (Å²) >= 11 is 0. The molecule has 0 aromatic heterocycles. The van der Waals surface area contributed by atoms with E-state index in [2.05, 4.69) is 105 Å². The number of amides is 1. The Hall–Kier alpha value is -2.37. The van der Waals surface area contributed by atoms with Gasteiger partial charge in [0, 0.05) is 49.6 Å². The molecule has 2 heterocycles. The van der Waals surface area contributed by atoms with Gasteiger partial charge in [-0.05, 0) is 62.1 Å². The summed E-state index contributed by atoms with van der Waals surface area (Å²) in [6.07, 6.45) is 0.696. The summed E-state index contributed by atoms with van der Waals surface area (Å²) in [7, 11) is 2.18. The van der Waals surface area contributed by atoms with Crippen LogP contribution >= 0.6 is 0 Å². The van der Waals surface area contributed by atoms with Crippen molar-refractivity contribution in [2.75, 3.05) is 49.6 Å². The van der Waals surface area contributed by atoms with Gasteiger partial charge in [-0.25, -0.2) is 0 Å². The van der Waals surface area contributed by atoms with Crippen molar-refractivity contribution in [3.63, 3.8) is 0 Å². The number of hydrogen-bond donors (Lipinski definition) is 1. The maximum Gasteiger partial charge on any atom is 0.244 e. The number of carbonyl (C=O) groups excluding carboxylic acids is 1. The molecule has 2 saturated heterocycles. The van der Waals surface area contributed by atoms with E-state index >= 15 is 0 Å². The molecule has 2 aromatic rings. The van der Waals surface area contributed by atoms with Crippen LogP contribution in [0.25, 0.3) is 0 Å². The molecule has 0 spiro atoms. The van der Waals surface area contributed by atoms with Crippen LogP contribution in [0.2, 0.25) is 0 Å². The van der Waals surface area contributed by atoms with Crippen LogP contribution in [0.4, 0.5) is 11.4 Å². The van der Waals surface area contributed by atoms with E-state index in [1.54, 1.807) is 0 Å². The summed E-state index contributed by atoms with van der Waals surface area (Å²) in [5, 5.41) is 3.65. The molecule has 1 amide bonds. The molecule has 0 radical (unpaired) electrons. The lowest BCUT2D eigenvalue weighted by molar-refractivity contribution is -0.122. The monoisotopic (exact) mass is 448 g/mol. The molecule has 4 rings (SSSR count). The van der Waals surface area contributed by atoms with Gasteiger partial charge in [0.2, 0.25) is 5.91 Å². The maximum atomic E-state index is 13.7.